The molecule has 57 heavy (non-hydrogen) atoms. The van der Waals surface area contributed by atoms with Crippen LogP contribution in [0.2, 0.25) is 0 Å². The van der Waals surface area contributed by atoms with E-state index in [0.29, 0.717) is 4.88 Å². The van der Waals surface area contributed by atoms with Gasteiger partial charge in [0.2, 0.25) is 0 Å². The molecule has 2 aromatic rings. The summed E-state index contributed by atoms with van der Waals surface area (Å²) in [6.45, 7) is 13.8. The summed E-state index contributed by atoms with van der Waals surface area (Å²) in [5.74, 6) is -5.74. The highest BCUT2D eigenvalue weighted by Crippen LogP contribution is 2.64. The lowest BCUT2D eigenvalue weighted by atomic mass is 9.44. The Morgan fingerprint density at radius 3 is 2.25 bits per heavy atom. The van der Waals surface area contributed by atoms with Gasteiger partial charge < -0.3 is 44.3 Å². The minimum Gasteiger partial charge on any atom is -0.457 e. The number of hydrogen-bond acceptors (Lipinski definition) is 14. The summed E-state index contributed by atoms with van der Waals surface area (Å²) in [5.41, 5.74) is -7.88. The fraction of sp³-hybridized carbons (Fsp3) is 0.595. The molecular formula is C42H53NO13S. The summed E-state index contributed by atoms with van der Waals surface area (Å²) < 4.78 is 29.9. The molecular weight excluding hydrogens is 759 g/mol. The Morgan fingerprint density at radius 1 is 1.02 bits per heavy atom. The van der Waals surface area contributed by atoms with Crippen LogP contribution in [0.25, 0.3) is 0 Å². The molecule has 2 heterocycles. The van der Waals surface area contributed by atoms with Crippen molar-refractivity contribution >= 4 is 41.1 Å². The van der Waals surface area contributed by atoms with E-state index in [-0.39, 0.29) is 29.7 Å². The number of ether oxygens (including phenoxy) is 5. The number of aliphatic hydroxyl groups excluding tert-OH is 2. The van der Waals surface area contributed by atoms with Crippen LogP contribution in [0.5, 0.6) is 0 Å². The number of nitrogens with one attached hydrogen (secondary N) is 1. The van der Waals surface area contributed by atoms with Crippen LogP contribution in [-0.4, -0.2) is 99.0 Å². The van der Waals surface area contributed by atoms with Gasteiger partial charge in [-0.25, -0.2) is 9.59 Å². The minimum absolute atomic E-state index is 0.0227. The average molecular weight is 812 g/mol. The lowest BCUT2D eigenvalue weighted by Crippen LogP contribution is -2.81. The molecule has 3 fully saturated rings. The van der Waals surface area contributed by atoms with Gasteiger partial charge in [0, 0.05) is 30.1 Å². The molecule has 1 aliphatic heterocycles. The summed E-state index contributed by atoms with van der Waals surface area (Å²) in [6, 6.07) is 10.6. The summed E-state index contributed by atoms with van der Waals surface area (Å²) in [4.78, 5) is 69.8. The summed E-state index contributed by atoms with van der Waals surface area (Å²) >= 11 is 1.31. The van der Waals surface area contributed by atoms with Gasteiger partial charge in [-0.05, 0) is 76.3 Å². The number of thiophene rings is 1. The van der Waals surface area contributed by atoms with Crippen LogP contribution in [0.3, 0.4) is 0 Å². The number of aliphatic hydroxyl groups is 3. The highest BCUT2D eigenvalue weighted by atomic mass is 32.1. The van der Waals surface area contributed by atoms with E-state index >= 15 is 0 Å². The molecule has 1 aromatic carbocycles. The molecule has 4 N–H and O–H groups in total. The van der Waals surface area contributed by atoms with Crippen molar-refractivity contribution in [2.75, 3.05) is 6.61 Å². The molecule has 3 aliphatic carbocycles. The predicted molar refractivity (Wildman–Crippen MR) is 205 cm³/mol. The molecule has 2 saturated carbocycles. The highest BCUT2D eigenvalue weighted by molar-refractivity contribution is 7.10. The molecule has 15 heteroatoms. The third kappa shape index (κ3) is 7.09. The quantitative estimate of drug-likeness (QED) is 0.164. The number of hydrogen-bond donors (Lipinski definition) is 4. The van der Waals surface area contributed by atoms with Crippen molar-refractivity contribution in [2.24, 2.45) is 22.7 Å². The van der Waals surface area contributed by atoms with Crippen molar-refractivity contribution in [3.05, 3.63) is 69.4 Å². The van der Waals surface area contributed by atoms with Gasteiger partial charge in [-0.3, -0.25) is 14.4 Å². The van der Waals surface area contributed by atoms with E-state index in [1.807, 2.05) is 0 Å². The average Bonchev–Trinajstić information content (AvgIpc) is 3.66. The van der Waals surface area contributed by atoms with Gasteiger partial charge in [0.05, 0.1) is 41.6 Å². The molecule has 1 amide bonds. The Hall–Kier alpha value is -4.15. The lowest BCUT2D eigenvalue weighted by Gasteiger charge is -2.67. The van der Waals surface area contributed by atoms with Crippen LogP contribution in [0.1, 0.15) is 96.4 Å². The van der Waals surface area contributed by atoms with Crippen molar-refractivity contribution in [3.63, 3.8) is 0 Å². The van der Waals surface area contributed by atoms with Gasteiger partial charge in [0.15, 0.2) is 11.4 Å². The van der Waals surface area contributed by atoms with Crippen LogP contribution < -0.4 is 5.32 Å². The SMILES string of the molecule is CC(=O)O[C@@]12CO[C@@H]1C[C@H](O)[C@@]1(C)C(=O)[C@H](O)C3=C(C)[C@@H](OC(=O)[C@H](C)[C@@H](NC(=O)OC(C)(C)C)c4cccs4)C[C@@](O)([C@@H](OC(=O)c4ccccc4)C12)C3(C)C. The first kappa shape index (κ1) is 42.5. The molecule has 4 aliphatic rings. The van der Waals surface area contributed by atoms with Gasteiger partial charge in [-0.15, -0.1) is 11.3 Å². The largest absolute Gasteiger partial charge is 0.457 e. The second-order valence-electron chi connectivity index (χ2n) is 17.5. The molecule has 310 valence electrons. The third-order valence-electron chi connectivity index (χ3n) is 12.6. The zero-order valence-corrected chi connectivity index (χ0v) is 34.5. The third-order valence-corrected chi connectivity index (χ3v) is 13.5. The Balaban J connectivity index is 1.48. The maximum atomic E-state index is 15.0. The maximum absolute atomic E-state index is 15.0. The highest BCUT2D eigenvalue weighted by Gasteiger charge is 2.78. The number of esters is 3. The molecule has 0 spiro atoms. The number of rotatable bonds is 8. The number of ketones is 1. The van der Waals surface area contributed by atoms with Crippen molar-refractivity contribution in [1.29, 1.82) is 0 Å². The number of amides is 1. The van der Waals surface area contributed by atoms with Gasteiger partial charge in [-0.1, -0.05) is 38.1 Å². The second-order valence-corrected chi connectivity index (χ2v) is 18.5. The summed E-state index contributed by atoms with van der Waals surface area (Å²) in [7, 11) is 0. The molecule has 0 radical (unpaired) electrons. The van der Waals surface area contributed by atoms with E-state index < -0.39 is 112 Å². The number of carbonyl (C=O) groups excluding carboxylic acids is 5. The van der Waals surface area contributed by atoms with E-state index in [9.17, 15) is 39.3 Å². The number of benzene rings is 1. The Kier molecular flexibility index (Phi) is 11.1. The van der Waals surface area contributed by atoms with Gasteiger partial charge >= 0.3 is 24.0 Å². The van der Waals surface area contributed by atoms with Crippen LogP contribution in [0.4, 0.5) is 4.79 Å². The van der Waals surface area contributed by atoms with E-state index in [4.69, 9.17) is 23.7 Å². The van der Waals surface area contributed by atoms with Gasteiger partial charge in [-0.2, -0.15) is 0 Å². The normalized spacial score (nSPS) is 34.1. The Morgan fingerprint density at radius 2 is 1.68 bits per heavy atom. The van der Waals surface area contributed by atoms with Gasteiger partial charge in [0.1, 0.15) is 35.6 Å². The first-order valence-electron chi connectivity index (χ1n) is 19.1. The lowest BCUT2D eigenvalue weighted by molar-refractivity contribution is -0.346. The second kappa shape index (κ2) is 14.9. The zero-order valence-electron chi connectivity index (χ0n) is 33.7. The molecule has 11 atom stereocenters. The van der Waals surface area contributed by atoms with Crippen molar-refractivity contribution in [3.8, 4) is 0 Å². The molecule has 1 saturated heterocycles. The number of Topliss-reactive ketones (excluding diaryl/α,β-unsaturated/α-hetero) is 1. The first-order chi connectivity index (χ1) is 26.5. The number of alkyl carbamates (subject to hydrolysis) is 1. The standard InChI is InChI=1S/C42H53NO13S/c1-21-25(53-35(48)22(2)30(26-16-13-17-57-26)43-37(50)56-38(4,5)6)19-42(51)34(54-36(49)24-14-11-10-12-15-24)32-40(9,33(47)31(46)29(21)39(42,7)8)27(45)18-28-41(32,20-52-28)55-23(3)44/h10-17,22,25,27-28,30-32,34,45-46,51H,18-20H2,1-9H3,(H,43,50)/t22-,25+,27+,28-,30-,31-,32?,34+,40-,41+,42-/m1/s1. The van der Waals surface area contributed by atoms with Crippen molar-refractivity contribution in [1.82, 2.24) is 5.32 Å². The molecule has 14 nitrogen and oxygen atoms in total. The van der Waals surface area contributed by atoms with Crippen LogP contribution >= 0.6 is 11.3 Å². The van der Waals surface area contributed by atoms with Crippen molar-refractivity contribution < 1.29 is 63.0 Å². The maximum Gasteiger partial charge on any atom is 0.408 e. The zero-order chi connectivity index (χ0) is 42.0. The molecule has 1 unspecified atom stereocenters. The molecule has 2 bridgehead atoms. The smallest absolute Gasteiger partial charge is 0.408 e. The summed E-state index contributed by atoms with van der Waals surface area (Å²) in [5, 5.41) is 42.1. The van der Waals surface area contributed by atoms with E-state index in [1.165, 1.54) is 37.3 Å². The van der Waals surface area contributed by atoms with Crippen LogP contribution in [0.15, 0.2) is 59.0 Å². The monoisotopic (exact) mass is 811 g/mol. The van der Waals surface area contributed by atoms with E-state index in [0.717, 1.165) is 0 Å². The first-order valence-corrected chi connectivity index (χ1v) is 20.0. The summed E-state index contributed by atoms with van der Waals surface area (Å²) in [6.07, 6.45) is -8.73. The number of fused-ring (bicyclic) bond motifs is 5. The fourth-order valence-corrected chi connectivity index (χ4v) is 10.4. The predicted octanol–water partition coefficient (Wildman–Crippen LogP) is 4.60. The van der Waals surface area contributed by atoms with E-state index in [2.05, 4.69) is 5.32 Å². The topological polar surface area (TPSA) is 204 Å². The molecule has 6 rings (SSSR count). The van der Waals surface area contributed by atoms with Gasteiger partial charge in [0.25, 0.3) is 0 Å². The van der Waals surface area contributed by atoms with Crippen LogP contribution in [-0.2, 0) is 38.1 Å². The fourth-order valence-electron chi connectivity index (χ4n) is 9.50. The Bertz CT molecular complexity index is 1940. The number of carbonyl (C=O) groups is 5. The van der Waals surface area contributed by atoms with E-state index in [1.54, 1.807) is 84.2 Å². The Labute approximate surface area is 335 Å². The van der Waals surface area contributed by atoms with Crippen molar-refractivity contribution in [2.45, 2.75) is 129 Å². The molecule has 1 aromatic heterocycles. The minimum atomic E-state index is -2.26. The van der Waals surface area contributed by atoms with Crippen LogP contribution in [0, 0.1) is 22.7 Å².